The van der Waals surface area contributed by atoms with Gasteiger partial charge < -0.3 is 0 Å². The number of hydrogen-bond donors (Lipinski definition) is 0. The molecule has 0 spiro atoms. The third-order valence-electron chi connectivity index (χ3n) is 4.03. The maximum absolute atomic E-state index is 4.48. The number of pyridine rings is 1. The first kappa shape index (κ1) is 14.4. The Kier molecular flexibility index (Phi) is 3.90. The third-order valence-corrected chi connectivity index (χ3v) is 4.03. The van der Waals surface area contributed by atoms with Gasteiger partial charge in [0.1, 0.15) is 5.82 Å². The summed E-state index contributed by atoms with van der Waals surface area (Å²) in [6.45, 7) is 0. The standard InChI is InChI=1S/C21H17N3/c1-2-5-17(6-3-1)15-18-8-10-20(11-9-18)24-14-13-23-21(24)19-7-4-12-22-16-19/h1-14,16H,15H2. The normalized spacial score (nSPS) is 10.7. The van der Waals surface area contributed by atoms with E-state index >= 15 is 0 Å². The van der Waals surface area contributed by atoms with Gasteiger partial charge in [-0.2, -0.15) is 0 Å². The van der Waals surface area contributed by atoms with E-state index in [2.05, 4.69) is 63.1 Å². The molecule has 0 aliphatic rings. The molecular formula is C21H17N3. The van der Waals surface area contributed by atoms with E-state index < -0.39 is 0 Å². The molecule has 0 fully saturated rings. The summed E-state index contributed by atoms with van der Waals surface area (Å²) in [6, 6.07) is 23.1. The number of hydrogen-bond acceptors (Lipinski definition) is 2. The molecule has 0 saturated carbocycles. The maximum Gasteiger partial charge on any atom is 0.146 e. The minimum absolute atomic E-state index is 0.902. The first-order valence-corrected chi connectivity index (χ1v) is 7.97. The molecule has 0 aliphatic heterocycles. The molecule has 3 nitrogen and oxygen atoms in total. The molecule has 2 aromatic heterocycles. The number of aromatic nitrogens is 3. The molecule has 3 heteroatoms. The molecule has 0 saturated heterocycles. The number of nitrogens with zero attached hydrogens (tertiary/aromatic N) is 3. The highest BCUT2D eigenvalue weighted by Gasteiger charge is 2.07. The van der Waals surface area contributed by atoms with Crippen LogP contribution in [0.4, 0.5) is 0 Å². The Hall–Kier alpha value is -3.20. The monoisotopic (exact) mass is 311 g/mol. The van der Waals surface area contributed by atoms with E-state index in [9.17, 15) is 0 Å². The van der Waals surface area contributed by atoms with Gasteiger partial charge in [0.2, 0.25) is 0 Å². The quantitative estimate of drug-likeness (QED) is 0.554. The van der Waals surface area contributed by atoms with Gasteiger partial charge in [-0.05, 0) is 41.8 Å². The highest BCUT2D eigenvalue weighted by Crippen LogP contribution is 2.21. The van der Waals surface area contributed by atoms with Crippen molar-refractivity contribution in [1.29, 1.82) is 0 Å². The molecule has 0 bridgehead atoms. The Morgan fingerprint density at radius 2 is 1.54 bits per heavy atom. The minimum atomic E-state index is 0.902. The van der Waals surface area contributed by atoms with Crippen molar-refractivity contribution in [3.05, 3.63) is 103 Å². The number of imidazole rings is 1. The molecule has 0 aliphatic carbocycles. The van der Waals surface area contributed by atoms with Crippen LogP contribution in [0, 0.1) is 0 Å². The van der Waals surface area contributed by atoms with E-state index in [1.165, 1.54) is 11.1 Å². The summed E-state index contributed by atoms with van der Waals surface area (Å²) >= 11 is 0. The average molecular weight is 311 g/mol. The van der Waals surface area contributed by atoms with Gasteiger partial charge in [0, 0.05) is 36.0 Å². The van der Waals surface area contributed by atoms with Gasteiger partial charge in [0.15, 0.2) is 0 Å². The van der Waals surface area contributed by atoms with Crippen LogP contribution in [0.3, 0.4) is 0 Å². The predicted octanol–water partition coefficient (Wildman–Crippen LogP) is 4.53. The third kappa shape index (κ3) is 2.97. The van der Waals surface area contributed by atoms with Crippen LogP contribution in [-0.4, -0.2) is 14.5 Å². The van der Waals surface area contributed by atoms with Gasteiger partial charge in [-0.1, -0.05) is 42.5 Å². The lowest BCUT2D eigenvalue weighted by Gasteiger charge is -2.09. The molecule has 0 N–H and O–H groups in total. The fourth-order valence-electron chi connectivity index (χ4n) is 2.83. The van der Waals surface area contributed by atoms with E-state index in [0.717, 1.165) is 23.5 Å². The zero-order valence-corrected chi connectivity index (χ0v) is 13.2. The highest BCUT2D eigenvalue weighted by atomic mass is 15.1. The Morgan fingerprint density at radius 3 is 2.29 bits per heavy atom. The second kappa shape index (κ2) is 6.50. The van der Waals surface area contributed by atoms with Gasteiger partial charge in [-0.3, -0.25) is 9.55 Å². The molecule has 0 atom stereocenters. The van der Waals surface area contributed by atoms with Crippen LogP contribution in [0.1, 0.15) is 11.1 Å². The molecule has 0 amide bonds. The largest absolute Gasteiger partial charge is 0.300 e. The molecule has 24 heavy (non-hydrogen) atoms. The lowest BCUT2D eigenvalue weighted by Crippen LogP contribution is -1.97. The summed E-state index contributed by atoms with van der Waals surface area (Å²) in [5, 5.41) is 0. The summed E-state index contributed by atoms with van der Waals surface area (Å²) in [5.74, 6) is 0.902. The van der Waals surface area contributed by atoms with E-state index in [-0.39, 0.29) is 0 Å². The Morgan fingerprint density at radius 1 is 0.750 bits per heavy atom. The Labute approximate surface area is 141 Å². The maximum atomic E-state index is 4.48. The smallest absolute Gasteiger partial charge is 0.146 e. The van der Waals surface area contributed by atoms with E-state index in [0.29, 0.717) is 0 Å². The van der Waals surface area contributed by atoms with Crippen molar-refractivity contribution < 1.29 is 0 Å². The summed E-state index contributed by atoms with van der Waals surface area (Å²) in [4.78, 5) is 8.66. The van der Waals surface area contributed by atoms with Crippen molar-refractivity contribution >= 4 is 0 Å². The van der Waals surface area contributed by atoms with Crippen LogP contribution < -0.4 is 0 Å². The van der Waals surface area contributed by atoms with Gasteiger partial charge in [0.05, 0.1) is 0 Å². The average Bonchev–Trinajstić information content (AvgIpc) is 3.14. The fourth-order valence-corrected chi connectivity index (χ4v) is 2.83. The molecule has 116 valence electrons. The second-order valence-electron chi connectivity index (χ2n) is 5.69. The predicted molar refractivity (Wildman–Crippen MR) is 96.0 cm³/mol. The number of rotatable bonds is 4. The number of benzene rings is 2. The lowest BCUT2D eigenvalue weighted by molar-refractivity contribution is 1.06. The molecule has 4 rings (SSSR count). The van der Waals surface area contributed by atoms with E-state index in [1.807, 2.05) is 36.8 Å². The lowest BCUT2D eigenvalue weighted by atomic mass is 10.0. The van der Waals surface area contributed by atoms with Gasteiger partial charge >= 0.3 is 0 Å². The van der Waals surface area contributed by atoms with Crippen molar-refractivity contribution in [2.75, 3.05) is 0 Å². The van der Waals surface area contributed by atoms with E-state index in [1.54, 1.807) is 6.20 Å². The van der Waals surface area contributed by atoms with Crippen molar-refractivity contribution in [2.45, 2.75) is 6.42 Å². The minimum Gasteiger partial charge on any atom is -0.300 e. The summed E-state index contributed by atoms with van der Waals surface area (Å²) in [7, 11) is 0. The van der Waals surface area contributed by atoms with Crippen LogP contribution in [-0.2, 0) is 6.42 Å². The van der Waals surface area contributed by atoms with Crippen molar-refractivity contribution in [1.82, 2.24) is 14.5 Å². The summed E-state index contributed by atoms with van der Waals surface area (Å²) in [5.41, 5.74) is 4.73. The Bertz CT molecular complexity index is 910. The SMILES string of the molecule is c1ccc(Cc2ccc(-n3ccnc3-c3cccnc3)cc2)cc1. The van der Waals surface area contributed by atoms with E-state index in [4.69, 9.17) is 0 Å². The molecule has 0 unspecified atom stereocenters. The van der Waals surface area contributed by atoms with Crippen LogP contribution in [0.5, 0.6) is 0 Å². The zero-order valence-electron chi connectivity index (χ0n) is 13.2. The molecule has 0 radical (unpaired) electrons. The van der Waals surface area contributed by atoms with Crippen LogP contribution >= 0.6 is 0 Å². The Balaban J connectivity index is 1.61. The summed E-state index contributed by atoms with van der Waals surface area (Å²) in [6.07, 6.45) is 8.35. The van der Waals surface area contributed by atoms with Crippen molar-refractivity contribution in [2.24, 2.45) is 0 Å². The molecule has 4 aromatic rings. The van der Waals surface area contributed by atoms with Crippen molar-refractivity contribution in [3.63, 3.8) is 0 Å². The van der Waals surface area contributed by atoms with Gasteiger partial charge in [-0.25, -0.2) is 4.98 Å². The topological polar surface area (TPSA) is 30.7 Å². The second-order valence-corrected chi connectivity index (χ2v) is 5.69. The van der Waals surface area contributed by atoms with Crippen molar-refractivity contribution in [3.8, 4) is 17.1 Å². The van der Waals surface area contributed by atoms with Gasteiger partial charge in [-0.15, -0.1) is 0 Å². The first-order chi connectivity index (χ1) is 11.9. The van der Waals surface area contributed by atoms with Gasteiger partial charge in [0.25, 0.3) is 0 Å². The molecular weight excluding hydrogens is 294 g/mol. The fraction of sp³-hybridized carbons (Fsp3) is 0.0476. The van der Waals surface area contributed by atoms with Crippen LogP contribution in [0.25, 0.3) is 17.1 Å². The van der Waals surface area contributed by atoms with Crippen LogP contribution in [0.2, 0.25) is 0 Å². The molecule has 2 aromatic carbocycles. The first-order valence-electron chi connectivity index (χ1n) is 7.97. The highest BCUT2D eigenvalue weighted by molar-refractivity contribution is 5.57. The summed E-state index contributed by atoms with van der Waals surface area (Å²) < 4.78 is 2.09. The van der Waals surface area contributed by atoms with Crippen LogP contribution in [0.15, 0.2) is 91.5 Å². The molecule has 2 heterocycles. The zero-order chi connectivity index (χ0) is 16.2.